The highest BCUT2D eigenvalue weighted by Gasteiger charge is 2.19. The van der Waals surface area contributed by atoms with E-state index in [1.807, 2.05) is 12.1 Å². The number of likely N-dealkylation sites (N-methyl/N-ethyl adjacent to an activating group) is 1. The number of benzene rings is 1. The molecule has 0 radical (unpaired) electrons. The van der Waals surface area contributed by atoms with Gasteiger partial charge in [-0.1, -0.05) is 27.2 Å². The van der Waals surface area contributed by atoms with Crippen LogP contribution in [-0.2, 0) is 17.9 Å². The van der Waals surface area contributed by atoms with Gasteiger partial charge in [-0.05, 0) is 37.6 Å². The Morgan fingerprint density at radius 1 is 1.07 bits per heavy atom. The molecule has 1 N–H and O–H groups in total. The highest BCUT2D eigenvalue weighted by Crippen LogP contribution is 2.22. The van der Waals surface area contributed by atoms with Crippen molar-refractivity contribution in [3.05, 3.63) is 24.0 Å². The highest BCUT2D eigenvalue weighted by molar-refractivity contribution is 5.93. The highest BCUT2D eigenvalue weighted by atomic mass is 16.1. The van der Waals surface area contributed by atoms with Crippen LogP contribution in [0, 0.1) is 0 Å². The quantitative estimate of drug-likeness (QED) is 0.715. The molecule has 1 saturated heterocycles. The predicted octanol–water partition coefficient (Wildman–Crippen LogP) is 3.71. The molecular weight excluding hydrogens is 350 g/mol. The number of fused-ring (bicyclic) bond motifs is 1. The number of rotatable bonds is 9. The van der Waals surface area contributed by atoms with Gasteiger partial charge in [-0.15, -0.1) is 0 Å². The van der Waals surface area contributed by atoms with Crippen molar-refractivity contribution in [3.63, 3.8) is 0 Å². The Balaban J connectivity index is 1.76. The van der Waals surface area contributed by atoms with Crippen LogP contribution in [-0.4, -0.2) is 58.0 Å². The third kappa shape index (κ3) is 5.11. The lowest BCUT2D eigenvalue weighted by atomic mass is 10.2. The Morgan fingerprint density at radius 3 is 2.50 bits per heavy atom. The average Bonchev–Trinajstić information content (AvgIpc) is 3.03. The monoisotopic (exact) mass is 385 g/mol. The van der Waals surface area contributed by atoms with E-state index in [1.54, 1.807) is 0 Å². The number of anilines is 1. The third-order valence-corrected chi connectivity index (χ3v) is 5.59. The van der Waals surface area contributed by atoms with Gasteiger partial charge in [0, 0.05) is 44.8 Å². The molecule has 1 aromatic heterocycles. The maximum Gasteiger partial charge on any atom is 0.224 e. The standard InChI is InChI=1S/C22H35N5O/c1-4-7-8-22(28)23-18-9-10-20-19(16-18)24-21(27(20)11-5-2)17-26-14-12-25(6-3)13-15-26/h9-10,16H,4-8,11-15,17H2,1-3H3,(H,23,28). The summed E-state index contributed by atoms with van der Waals surface area (Å²) < 4.78 is 2.35. The fourth-order valence-electron chi connectivity index (χ4n) is 3.88. The summed E-state index contributed by atoms with van der Waals surface area (Å²) in [6.07, 6.45) is 3.61. The molecule has 0 spiro atoms. The molecule has 0 unspecified atom stereocenters. The van der Waals surface area contributed by atoms with Gasteiger partial charge < -0.3 is 14.8 Å². The molecule has 6 heteroatoms. The van der Waals surface area contributed by atoms with Gasteiger partial charge in [0.2, 0.25) is 5.91 Å². The summed E-state index contributed by atoms with van der Waals surface area (Å²) in [5, 5.41) is 3.02. The molecule has 6 nitrogen and oxygen atoms in total. The molecule has 0 saturated carbocycles. The summed E-state index contributed by atoms with van der Waals surface area (Å²) in [6, 6.07) is 6.12. The second-order valence-electron chi connectivity index (χ2n) is 7.75. The zero-order chi connectivity index (χ0) is 19.9. The lowest BCUT2D eigenvalue weighted by Crippen LogP contribution is -2.45. The molecule has 0 aliphatic carbocycles. The molecule has 0 atom stereocenters. The first kappa shape index (κ1) is 20.8. The van der Waals surface area contributed by atoms with E-state index < -0.39 is 0 Å². The Bertz CT molecular complexity index is 777. The van der Waals surface area contributed by atoms with Crippen LogP contribution in [0.2, 0.25) is 0 Å². The molecule has 1 aromatic carbocycles. The number of aryl methyl sites for hydroxylation is 1. The average molecular weight is 386 g/mol. The van der Waals surface area contributed by atoms with Crippen molar-refractivity contribution in [2.24, 2.45) is 0 Å². The van der Waals surface area contributed by atoms with Crippen LogP contribution in [0.1, 0.15) is 52.3 Å². The summed E-state index contributed by atoms with van der Waals surface area (Å²) in [5.41, 5.74) is 2.98. The first-order chi connectivity index (χ1) is 13.6. The van der Waals surface area contributed by atoms with Crippen molar-refractivity contribution >= 4 is 22.6 Å². The lowest BCUT2D eigenvalue weighted by Gasteiger charge is -2.33. The van der Waals surface area contributed by atoms with Gasteiger partial charge in [-0.25, -0.2) is 4.98 Å². The van der Waals surface area contributed by atoms with Gasteiger partial charge in [0.05, 0.1) is 17.6 Å². The second kappa shape index (κ2) is 10.0. The van der Waals surface area contributed by atoms with Crippen molar-refractivity contribution in [2.75, 3.05) is 38.0 Å². The summed E-state index contributed by atoms with van der Waals surface area (Å²) in [7, 11) is 0. The maximum absolute atomic E-state index is 12.0. The normalized spacial score (nSPS) is 16.0. The maximum atomic E-state index is 12.0. The number of carbonyl (C=O) groups excluding carboxylic acids is 1. The molecule has 0 bridgehead atoms. The first-order valence-corrected chi connectivity index (χ1v) is 10.9. The number of hydrogen-bond donors (Lipinski definition) is 1. The molecule has 3 rings (SSSR count). The minimum absolute atomic E-state index is 0.0863. The van der Waals surface area contributed by atoms with Gasteiger partial charge in [-0.2, -0.15) is 0 Å². The molecular formula is C22H35N5O. The van der Waals surface area contributed by atoms with E-state index in [-0.39, 0.29) is 5.91 Å². The van der Waals surface area contributed by atoms with Gasteiger partial charge in [0.15, 0.2) is 0 Å². The number of nitrogens with one attached hydrogen (secondary N) is 1. The lowest BCUT2D eigenvalue weighted by molar-refractivity contribution is -0.116. The summed E-state index contributed by atoms with van der Waals surface area (Å²) in [4.78, 5) is 22.0. The number of amides is 1. The summed E-state index contributed by atoms with van der Waals surface area (Å²) in [6.45, 7) is 14.0. The van der Waals surface area contributed by atoms with E-state index in [0.717, 1.165) is 87.6 Å². The molecule has 2 aromatic rings. The van der Waals surface area contributed by atoms with Gasteiger partial charge in [0.25, 0.3) is 0 Å². The fourth-order valence-corrected chi connectivity index (χ4v) is 3.88. The van der Waals surface area contributed by atoms with E-state index in [2.05, 4.69) is 46.5 Å². The van der Waals surface area contributed by atoms with Crippen molar-refractivity contribution in [1.82, 2.24) is 19.4 Å². The minimum Gasteiger partial charge on any atom is -0.327 e. The molecule has 1 aliphatic heterocycles. The largest absolute Gasteiger partial charge is 0.327 e. The number of aromatic nitrogens is 2. The van der Waals surface area contributed by atoms with Gasteiger partial charge in [0.1, 0.15) is 5.82 Å². The van der Waals surface area contributed by atoms with Crippen molar-refractivity contribution in [2.45, 2.75) is 59.5 Å². The third-order valence-electron chi connectivity index (χ3n) is 5.59. The van der Waals surface area contributed by atoms with E-state index in [9.17, 15) is 4.79 Å². The van der Waals surface area contributed by atoms with Crippen LogP contribution in [0.15, 0.2) is 18.2 Å². The smallest absolute Gasteiger partial charge is 0.224 e. The molecule has 1 aliphatic rings. The van der Waals surface area contributed by atoms with Crippen LogP contribution in [0.25, 0.3) is 11.0 Å². The summed E-state index contributed by atoms with van der Waals surface area (Å²) in [5.74, 6) is 1.22. The van der Waals surface area contributed by atoms with E-state index in [0.29, 0.717) is 6.42 Å². The SMILES string of the molecule is CCCCC(=O)Nc1ccc2c(c1)nc(CN1CCN(CC)CC1)n2CCC. The Hall–Kier alpha value is -1.92. The molecule has 2 heterocycles. The Morgan fingerprint density at radius 2 is 1.82 bits per heavy atom. The van der Waals surface area contributed by atoms with E-state index in [1.165, 1.54) is 0 Å². The first-order valence-electron chi connectivity index (χ1n) is 10.9. The van der Waals surface area contributed by atoms with Crippen LogP contribution >= 0.6 is 0 Å². The van der Waals surface area contributed by atoms with Crippen LogP contribution in [0.5, 0.6) is 0 Å². The Labute approximate surface area is 168 Å². The topological polar surface area (TPSA) is 53.4 Å². The van der Waals surface area contributed by atoms with E-state index >= 15 is 0 Å². The zero-order valence-electron chi connectivity index (χ0n) is 17.7. The van der Waals surface area contributed by atoms with Crippen LogP contribution in [0.4, 0.5) is 5.69 Å². The van der Waals surface area contributed by atoms with Gasteiger partial charge in [-0.3, -0.25) is 9.69 Å². The number of nitrogens with zero attached hydrogens (tertiary/aromatic N) is 4. The summed E-state index contributed by atoms with van der Waals surface area (Å²) >= 11 is 0. The minimum atomic E-state index is 0.0863. The van der Waals surface area contributed by atoms with Crippen LogP contribution < -0.4 is 5.32 Å². The molecule has 1 fully saturated rings. The zero-order valence-corrected chi connectivity index (χ0v) is 17.7. The van der Waals surface area contributed by atoms with Gasteiger partial charge >= 0.3 is 0 Å². The van der Waals surface area contributed by atoms with Crippen molar-refractivity contribution in [1.29, 1.82) is 0 Å². The number of carbonyl (C=O) groups is 1. The molecule has 1 amide bonds. The Kier molecular flexibility index (Phi) is 7.45. The number of imidazole rings is 1. The fraction of sp³-hybridized carbons (Fsp3) is 0.636. The van der Waals surface area contributed by atoms with Crippen LogP contribution in [0.3, 0.4) is 0 Å². The predicted molar refractivity (Wildman–Crippen MR) is 116 cm³/mol. The van der Waals surface area contributed by atoms with Crippen molar-refractivity contribution in [3.8, 4) is 0 Å². The number of piperazine rings is 1. The number of hydrogen-bond acceptors (Lipinski definition) is 4. The number of unbranched alkanes of at least 4 members (excludes halogenated alkanes) is 1. The molecule has 154 valence electrons. The second-order valence-corrected chi connectivity index (χ2v) is 7.75. The molecule has 28 heavy (non-hydrogen) atoms. The van der Waals surface area contributed by atoms with Crippen molar-refractivity contribution < 1.29 is 4.79 Å². The van der Waals surface area contributed by atoms with E-state index in [4.69, 9.17) is 4.98 Å².